The number of carbonyl (C=O) groups is 1. The number of hydrogen-bond donors (Lipinski definition) is 1. The average Bonchev–Trinajstić information content (AvgIpc) is 3.08. The monoisotopic (exact) mass is 312 g/mol. The fourth-order valence-corrected chi connectivity index (χ4v) is 2.72. The van der Waals surface area contributed by atoms with Gasteiger partial charge in [0.2, 0.25) is 0 Å². The van der Waals surface area contributed by atoms with Crippen molar-refractivity contribution in [2.24, 2.45) is 0 Å². The summed E-state index contributed by atoms with van der Waals surface area (Å²) in [7, 11) is 0. The molecule has 0 spiro atoms. The third-order valence-electron chi connectivity index (χ3n) is 3.21. The second kappa shape index (κ2) is 6.49. The van der Waals surface area contributed by atoms with Crippen LogP contribution >= 0.6 is 11.3 Å². The van der Waals surface area contributed by atoms with Crippen molar-refractivity contribution in [3.8, 4) is 11.3 Å². The number of halogens is 1. The van der Waals surface area contributed by atoms with Gasteiger partial charge in [-0.25, -0.2) is 4.39 Å². The van der Waals surface area contributed by atoms with E-state index in [0.717, 1.165) is 16.8 Å². The summed E-state index contributed by atoms with van der Waals surface area (Å²) in [6, 6.07) is 11.7. The van der Waals surface area contributed by atoms with Crippen molar-refractivity contribution in [1.29, 1.82) is 0 Å². The highest BCUT2D eigenvalue weighted by molar-refractivity contribution is 7.08. The molecule has 0 unspecified atom stereocenters. The molecule has 22 heavy (non-hydrogen) atoms. The van der Waals surface area contributed by atoms with Crippen LogP contribution in [-0.2, 0) is 6.54 Å². The van der Waals surface area contributed by atoms with Gasteiger partial charge in [0.15, 0.2) is 0 Å². The van der Waals surface area contributed by atoms with E-state index in [1.165, 1.54) is 12.1 Å². The molecule has 3 nitrogen and oxygen atoms in total. The molecule has 2 aromatic heterocycles. The van der Waals surface area contributed by atoms with Crippen LogP contribution in [0.15, 0.2) is 59.4 Å². The average molecular weight is 312 g/mol. The predicted molar refractivity (Wildman–Crippen MR) is 85.1 cm³/mol. The summed E-state index contributed by atoms with van der Waals surface area (Å²) in [6.07, 6.45) is 1.71. The molecule has 0 saturated heterocycles. The second-order valence-electron chi connectivity index (χ2n) is 4.72. The van der Waals surface area contributed by atoms with Crippen molar-refractivity contribution in [3.05, 3.63) is 76.4 Å². The highest BCUT2D eigenvalue weighted by atomic mass is 32.1. The lowest BCUT2D eigenvalue weighted by Crippen LogP contribution is -2.23. The van der Waals surface area contributed by atoms with E-state index in [2.05, 4.69) is 10.3 Å². The number of hydrogen-bond acceptors (Lipinski definition) is 3. The van der Waals surface area contributed by atoms with Crippen molar-refractivity contribution < 1.29 is 9.18 Å². The van der Waals surface area contributed by atoms with Crippen LogP contribution in [0.2, 0.25) is 0 Å². The zero-order valence-corrected chi connectivity index (χ0v) is 12.4. The van der Waals surface area contributed by atoms with Crippen LogP contribution < -0.4 is 5.32 Å². The number of carbonyl (C=O) groups excluding carboxylic acids is 1. The van der Waals surface area contributed by atoms with E-state index in [4.69, 9.17) is 0 Å². The Balaban J connectivity index is 1.71. The van der Waals surface area contributed by atoms with Crippen LogP contribution in [0.25, 0.3) is 11.3 Å². The SMILES string of the molecule is O=C(NCc1ccnc(-c2ccsc2)c1)c1ccccc1F. The topological polar surface area (TPSA) is 42.0 Å². The summed E-state index contributed by atoms with van der Waals surface area (Å²) in [5.74, 6) is -0.944. The molecule has 0 saturated carbocycles. The van der Waals surface area contributed by atoms with Crippen LogP contribution in [-0.4, -0.2) is 10.9 Å². The molecule has 0 fully saturated rings. The van der Waals surface area contributed by atoms with Gasteiger partial charge in [0.25, 0.3) is 5.91 Å². The molecule has 0 radical (unpaired) electrons. The van der Waals surface area contributed by atoms with Crippen LogP contribution in [0.4, 0.5) is 4.39 Å². The third-order valence-corrected chi connectivity index (χ3v) is 3.90. The van der Waals surface area contributed by atoms with E-state index in [-0.39, 0.29) is 5.56 Å². The minimum absolute atomic E-state index is 0.0506. The number of thiophene rings is 1. The van der Waals surface area contributed by atoms with Crippen LogP contribution in [0, 0.1) is 5.82 Å². The van der Waals surface area contributed by atoms with Crippen LogP contribution in [0.1, 0.15) is 15.9 Å². The summed E-state index contributed by atoms with van der Waals surface area (Å²) >= 11 is 1.61. The lowest BCUT2D eigenvalue weighted by molar-refractivity contribution is 0.0947. The highest BCUT2D eigenvalue weighted by Crippen LogP contribution is 2.20. The van der Waals surface area contributed by atoms with Gasteiger partial charge in [0.1, 0.15) is 5.82 Å². The van der Waals surface area contributed by atoms with Gasteiger partial charge in [-0.3, -0.25) is 9.78 Å². The zero-order valence-electron chi connectivity index (χ0n) is 11.6. The number of rotatable bonds is 4. The first-order valence-electron chi connectivity index (χ1n) is 6.74. The summed E-state index contributed by atoms with van der Waals surface area (Å²) in [5, 5.41) is 6.73. The molecule has 1 N–H and O–H groups in total. The Bertz CT molecular complexity index is 787. The maximum absolute atomic E-state index is 13.5. The molecule has 5 heteroatoms. The Kier molecular flexibility index (Phi) is 4.25. The van der Waals surface area contributed by atoms with Crippen molar-refractivity contribution >= 4 is 17.2 Å². The van der Waals surface area contributed by atoms with E-state index < -0.39 is 11.7 Å². The van der Waals surface area contributed by atoms with Crippen molar-refractivity contribution in [3.63, 3.8) is 0 Å². The minimum atomic E-state index is -0.520. The maximum Gasteiger partial charge on any atom is 0.254 e. The quantitative estimate of drug-likeness (QED) is 0.794. The summed E-state index contributed by atoms with van der Waals surface area (Å²) < 4.78 is 13.5. The molecule has 2 heterocycles. The van der Waals surface area contributed by atoms with Gasteiger partial charge in [0, 0.05) is 23.7 Å². The molecule has 0 aliphatic carbocycles. The summed E-state index contributed by atoms with van der Waals surface area (Å²) in [4.78, 5) is 16.3. The lowest BCUT2D eigenvalue weighted by Gasteiger charge is -2.07. The van der Waals surface area contributed by atoms with Gasteiger partial charge < -0.3 is 5.32 Å². The number of nitrogens with zero attached hydrogens (tertiary/aromatic N) is 1. The molecular weight excluding hydrogens is 299 g/mol. The van der Waals surface area contributed by atoms with Crippen LogP contribution in [0.3, 0.4) is 0 Å². The van der Waals surface area contributed by atoms with E-state index in [9.17, 15) is 9.18 Å². The summed E-state index contributed by atoms with van der Waals surface area (Å²) in [6.45, 7) is 0.326. The predicted octanol–water partition coefficient (Wildman–Crippen LogP) is 3.88. The van der Waals surface area contributed by atoms with E-state index >= 15 is 0 Å². The first kappa shape index (κ1) is 14.4. The number of pyridine rings is 1. The van der Waals surface area contributed by atoms with Gasteiger partial charge in [-0.2, -0.15) is 11.3 Å². The lowest BCUT2D eigenvalue weighted by atomic mass is 10.1. The Hall–Kier alpha value is -2.53. The van der Waals surface area contributed by atoms with Crippen molar-refractivity contribution in [2.45, 2.75) is 6.54 Å². The van der Waals surface area contributed by atoms with Gasteiger partial charge in [-0.05, 0) is 41.3 Å². The molecule has 1 aromatic carbocycles. The molecule has 3 aromatic rings. The first-order valence-corrected chi connectivity index (χ1v) is 7.68. The van der Waals surface area contributed by atoms with Crippen molar-refractivity contribution in [2.75, 3.05) is 0 Å². The summed E-state index contributed by atoms with van der Waals surface area (Å²) in [5.41, 5.74) is 2.88. The fourth-order valence-electron chi connectivity index (χ4n) is 2.08. The van der Waals surface area contributed by atoms with Crippen molar-refractivity contribution in [1.82, 2.24) is 10.3 Å². The first-order chi connectivity index (χ1) is 10.7. The molecule has 110 valence electrons. The van der Waals surface area contributed by atoms with Gasteiger partial charge in [0.05, 0.1) is 11.3 Å². The van der Waals surface area contributed by atoms with Crippen LogP contribution in [0.5, 0.6) is 0 Å². The van der Waals surface area contributed by atoms with E-state index in [0.29, 0.717) is 6.54 Å². The zero-order chi connectivity index (χ0) is 15.4. The molecule has 1 amide bonds. The largest absolute Gasteiger partial charge is 0.348 e. The smallest absolute Gasteiger partial charge is 0.254 e. The Morgan fingerprint density at radius 2 is 2.09 bits per heavy atom. The number of benzene rings is 1. The number of nitrogens with one attached hydrogen (secondary N) is 1. The molecule has 0 bridgehead atoms. The van der Waals surface area contributed by atoms with E-state index in [1.54, 1.807) is 29.7 Å². The molecule has 0 aliphatic rings. The van der Waals surface area contributed by atoms with Gasteiger partial charge >= 0.3 is 0 Å². The Morgan fingerprint density at radius 3 is 2.86 bits per heavy atom. The second-order valence-corrected chi connectivity index (χ2v) is 5.50. The molecule has 3 rings (SSSR count). The van der Waals surface area contributed by atoms with Gasteiger partial charge in [-0.1, -0.05) is 12.1 Å². The minimum Gasteiger partial charge on any atom is -0.348 e. The Morgan fingerprint density at radius 1 is 1.23 bits per heavy atom. The maximum atomic E-state index is 13.5. The highest BCUT2D eigenvalue weighted by Gasteiger charge is 2.10. The molecular formula is C17H13FN2OS. The van der Waals surface area contributed by atoms with Gasteiger partial charge in [-0.15, -0.1) is 0 Å². The normalized spacial score (nSPS) is 10.4. The standard InChI is InChI=1S/C17H13FN2OS/c18-15-4-2-1-3-14(15)17(21)20-10-12-5-7-19-16(9-12)13-6-8-22-11-13/h1-9,11H,10H2,(H,20,21). The fraction of sp³-hybridized carbons (Fsp3) is 0.0588. The Labute approximate surface area is 131 Å². The molecule has 0 atom stereocenters. The third kappa shape index (κ3) is 3.20. The van der Waals surface area contributed by atoms with E-state index in [1.807, 2.05) is 29.0 Å². The number of amides is 1. The number of aromatic nitrogens is 1. The molecule has 0 aliphatic heterocycles.